The Kier molecular flexibility index (Phi) is 4.24. The van der Waals surface area contributed by atoms with Gasteiger partial charge >= 0.3 is 0 Å². The van der Waals surface area contributed by atoms with Crippen molar-refractivity contribution >= 4 is 0 Å². The zero-order chi connectivity index (χ0) is 13.3. The molecule has 1 aliphatic heterocycles. The maximum atomic E-state index is 13.5. The van der Waals surface area contributed by atoms with Crippen LogP contribution in [0.4, 0.5) is 8.78 Å². The van der Waals surface area contributed by atoms with Crippen LogP contribution >= 0.6 is 0 Å². The van der Waals surface area contributed by atoms with Crippen LogP contribution in [0.15, 0.2) is 0 Å². The molecule has 0 aromatic rings. The average Bonchev–Trinajstić information content (AvgIpc) is 2.33. The molecule has 0 aromatic heterocycles. The monoisotopic (exact) mass is 262 g/mol. The molecule has 0 bridgehead atoms. The average molecular weight is 262 g/mol. The lowest BCUT2D eigenvalue weighted by Crippen LogP contribution is -2.59. The van der Waals surface area contributed by atoms with Crippen molar-refractivity contribution in [1.82, 2.24) is 9.80 Å². The van der Waals surface area contributed by atoms with Gasteiger partial charge in [-0.15, -0.1) is 0 Å². The topological polar surface area (TPSA) is 26.7 Å². The summed E-state index contributed by atoms with van der Waals surface area (Å²) in [7, 11) is 0. The van der Waals surface area contributed by atoms with Gasteiger partial charge in [0, 0.05) is 44.7 Å². The minimum Gasteiger partial charge on any atom is -0.385 e. The van der Waals surface area contributed by atoms with Crippen LogP contribution in [0.2, 0.25) is 0 Å². The van der Waals surface area contributed by atoms with Gasteiger partial charge < -0.3 is 5.11 Å². The fourth-order valence-corrected chi connectivity index (χ4v) is 3.10. The van der Waals surface area contributed by atoms with E-state index in [9.17, 15) is 13.9 Å². The third-order valence-corrected chi connectivity index (χ3v) is 4.36. The molecule has 1 unspecified atom stereocenters. The quantitative estimate of drug-likeness (QED) is 0.818. The number of hydrogen-bond acceptors (Lipinski definition) is 3. The van der Waals surface area contributed by atoms with Crippen LogP contribution in [-0.4, -0.2) is 65.2 Å². The molecule has 0 spiro atoms. The molecular formula is C13H24F2N2O. The molecule has 2 rings (SSSR count). The molecule has 1 heterocycles. The van der Waals surface area contributed by atoms with Crippen molar-refractivity contribution in [3.63, 3.8) is 0 Å². The van der Waals surface area contributed by atoms with E-state index in [0.29, 0.717) is 18.9 Å². The van der Waals surface area contributed by atoms with Crippen molar-refractivity contribution in [3.8, 4) is 0 Å². The van der Waals surface area contributed by atoms with Gasteiger partial charge in [-0.25, -0.2) is 8.78 Å². The number of aliphatic hydroxyl groups is 1. The van der Waals surface area contributed by atoms with Gasteiger partial charge in [-0.05, 0) is 26.7 Å². The number of piperazine rings is 1. The Morgan fingerprint density at radius 2 is 1.78 bits per heavy atom. The molecule has 2 atom stereocenters. The van der Waals surface area contributed by atoms with Gasteiger partial charge in [0.25, 0.3) is 5.92 Å². The van der Waals surface area contributed by atoms with Crippen LogP contribution in [-0.2, 0) is 0 Å². The number of nitrogens with zero attached hydrogens (tertiary/aromatic N) is 2. The molecule has 2 fully saturated rings. The number of rotatable bonds is 2. The molecule has 106 valence electrons. The smallest absolute Gasteiger partial charge is 0.275 e. The predicted octanol–water partition coefficient (Wildman–Crippen LogP) is 1.56. The summed E-state index contributed by atoms with van der Waals surface area (Å²) < 4.78 is 27.0. The number of halogens is 2. The molecular weight excluding hydrogens is 238 g/mol. The summed E-state index contributed by atoms with van der Waals surface area (Å²) in [5.41, 5.74) is 0. The predicted molar refractivity (Wildman–Crippen MR) is 66.9 cm³/mol. The minimum atomic E-state index is -2.90. The Labute approximate surface area is 108 Å². The molecule has 2 aliphatic rings. The summed E-state index contributed by atoms with van der Waals surface area (Å²) in [6.45, 7) is 7.70. The van der Waals surface area contributed by atoms with Crippen molar-refractivity contribution in [2.24, 2.45) is 0 Å². The van der Waals surface area contributed by atoms with Gasteiger partial charge in [-0.2, -0.15) is 0 Å². The maximum Gasteiger partial charge on any atom is 0.275 e. The van der Waals surface area contributed by atoms with E-state index in [1.165, 1.54) is 0 Å². The number of hydrogen-bond donors (Lipinski definition) is 1. The van der Waals surface area contributed by atoms with Crippen molar-refractivity contribution in [1.29, 1.82) is 0 Å². The largest absolute Gasteiger partial charge is 0.385 e. The molecule has 1 aliphatic carbocycles. The number of alkyl halides is 2. The summed E-state index contributed by atoms with van der Waals surface area (Å²) >= 11 is 0. The van der Waals surface area contributed by atoms with Gasteiger partial charge in [-0.1, -0.05) is 0 Å². The molecule has 1 saturated carbocycles. The van der Waals surface area contributed by atoms with Crippen LogP contribution in [0.1, 0.15) is 33.1 Å². The van der Waals surface area contributed by atoms with Crippen LogP contribution in [0.3, 0.4) is 0 Å². The highest BCUT2D eigenvalue weighted by atomic mass is 19.3. The molecule has 0 amide bonds. The Hall–Kier alpha value is -0.260. The minimum absolute atomic E-state index is 0.170. The summed E-state index contributed by atoms with van der Waals surface area (Å²) in [6, 6.07) is 0.146. The Bertz CT molecular complexity index is 278. The van der Waals surface area contributed by atoms with E-state index in [0.717, 1.165) is 26.2 Å². The lowest BCUT2D eigenvalue weighted by Gasteiger charge is -2.45. The van der Waals surface area contributed by atoms with Crippen molar-refractivity contribution in [2.45, 2.75) is 57.2 Å². The SMILES string of the molecule is CC(C)N1CCN(C2CCCC(F)(F)[C@H]2O)CC1. The molecule has 1 saturated heterocycles. The molecule has 18 heavy (non-hydrogen) atoms. The van der Waals surface area contributed by atoms with E-state index in [-0.39, 0.29) is 12.5 Å². The molecule has 1 N–H and O–H groups in total. The fourth-order valence-electron chi connectivity index (χ4n) is 3.10. The lowest BCUT2D eigenvalue weighted by molar-refractivity contribution is -0.165. The fraction of sp³-hybridized carbons (Fsp3) is 1.00. The van der Waals surface area contributed by atoms with Gasteiger partial charge in [0.05, 0.1) is 0 Å². The first kappa shape index (κ1) is 14.2. The van der Waals surface area contributed by atoms with Crippen molar-refractivity contribution in [2.75, 3.05) is 26.2 Å². The lowest BCUT2D eigenvalue weighted by atomic mass is 9.87. The highest BCUT2D eigenvalue weighted by Crippen LogP contribution is 2.36. The van der Waals surface area contributed by atoms with E-state index in [1.54, 1.807) is 0 Å². The normalized spacial score (nSPS) is 35.0. The highest BCUT2D eigenvalue weighted by molar-refractivity contribution is 4.94. The van der Waals surface area contributed by atoms with E-state index in [2.05, 4.69) is 23.6 Å². The zero-order valence-corrected chi connectivity index (χ0v) is 11.3. The molecule has 5 heteroatoms. The van der Waals surface area contributed by atoms with Gasteiger partial charge in [0.1, 0.15) is 6.10 Å². The summed E-state index contributed by atoms with van der Waals surface area (Å²) in [5.74, 6) is -2.90. The van der Waals surface area contributed by atoms with E-state index in [1.807, 2.05) is 0 Å². The zero-order valence-electron chi connectivity index (χ0n) is 11.3. The van der Waals surface area contributed by atoms with Crippen LogP contribution in [0.5, 0.6) is 0 Å². The second kappa shape index (κ2) is 5.39. The van der Waals surface area contributed by atoms with E-state index < -0.39 is 12.0 Å². The second-order valence-corrected chi connectivity index (χ2v) is 5.83. The summed E-state index contributed by atoms with van der Waals surface area (Å²) in [5, 5.41) is 9.82. The summed E-state index contributed by atoms with van der Waals surface area (Å²) in [4.78, 5) is 4.40. The van der Waals surface area contributed by atoms with Crippen LogP contribution < -0.4 is 0 Å². The maximum absolute atomic E-state index is 13.5. The standard InChI is InChI=1S/C13H24F2N2O/c1-10(2)16-6-8-17(9-7-16)11-4-3-5-13(14,15)12(11)18/h10-12,18H,3-9H2,1-2H3/t11?,12-/m0/s1. The first-order valence-electron chi connectivity index (χ1n) is 6.96. The molecule has 3 nitrogen and oxygen atoms in total. The Morgan fingerprint density at radius 3 is 2.33 bits per heavy atom. The first-order chi connectivity index (χ1) is 8.42. The Balaban J connectivity index is 1.93. The highest BCUT2D eigenvalue weighted by Gasteiger charge is 2.48. The van der Waals surface area contributed by atoms with E-state index >= 15 is 0 Å². The van der Waals surface area contributed by atoms with E-state index in [4.69, 9.17) is 0 Å². The number of aliphatic hydroxyl groups excluding tert-OH is 1. The molecule has 0 aromatic carbocycles. The van der Waals surface area contributed by atoms with Crippen LogP contribution in [0, 0.1) is 0 Å². The second-order valence-electron chi connectivity index (χ2n) is 5.83. The van der Waals surface area contributed by atoms with Gasteiger partial charge in [0.15, 0.2) is 0 Å². The van der Waals surface area contributed by atoms with Gasteiger partial charge in [0.2, 0.25) is 0 Å². The van der Waals surface area contributed by atoms with Crippen molar-refractivity contribution in [3.05, 3.63) is 0 Å². The summed E-state index contributed by atoms with van der Waals surface area (Å²) in [6.07, 6.45) is -0.453. The first-order valence-corrected chi connectivity index (χ1v) is 6.96. The molecule has 0 radical (unpaired) electrons. The van der Waals surface area contributed by atoms with Gasteiger partial charge in [-0.3, -0.25) is 9.80 Å². The van der Waals surface area contributed by atoms with Crippen LogP contribution in [0.25, 0.3) is 0 Å². The third-order valence-electron chi connectivity index (χ3n) is 4.36. The Morgan fingerprint density at radius 1 is 1.17 bits per heavy atom. The van der Waals surface area contributed by atoms with Crippen molar-refractivity contribution < 1.29 is 13.9 Å². The third kappa shape index (κ3) is 2.83.